The van der Waals surface area contributed by atoms with E-state index >= 15 is 0 Å². The Labute approximate surface area is 93.9 Å². The van der Waals surface area contributed by atoms with E-state index in [0.29, 0.717) is 0 Å². The van der Waals surface area contributed by atoms with E-state index in [4.69, 9.17) is 16.7 Å². The fourth-order valence-corrected chi connectivity index (χ4v) is 1.46. The molecule has 7 heteroatoms. The number of hydrogen-bond donors (Lipinski definition) is 1. The first-order chi connectivity index (χ1) is 7.41. The minimum atomic E-state index is -2.95. The number of aromatic nitrogens is 1. The summed E-state index contributed by atoms with van der Waals surface area (Å²) in [5.41, 5.74) is -0.293. The molecule has 1 rings (SSSR count). The maximum absolute atomic E-state index is 12.8. The molecule has 0 amide bonds. The van der Waals surface area contributed by atoms with Gasteiger partial charge in [0.1, 0.15) is 11.0 Å². The molecule has 0 aliphatic carbocycles. The molecule has 88 valence electrons. The molecular weight excluding hydrogens is 247 g/mol. The van der Waals surface area contributed by atoms with Crippen LogP contribution in [0.3, 0.4) is 0 Å². The molecule has 1 aromatic rings. The van der Waals surface area contributed by atoms with E-state index in [-0.39, 0.29) is 10.7 Å². The number of nitrogens with zero attached hydrogens (tertiary/aromatic N) is 1. The predicted octanol–water partition coefficient (Wildman–Crippen LogP) is 2.70. The number of carboxylic acids is 1. The molecular formula is C9H7ClF3NO2. The van der Waals surface area contributed by atoms with Gasteiger partial charge in [-0.1, -0.05) is 11.6 Å². The van der Waals surface area contributed by atoms with Crippen molar-refractivity contribution in [2.75, 3.05) is 0 Å². The molecule has 1 atom stereocenters. The van der Waals surface area contributed by atoms with Crippen molar-refractivity contribution < 1.29 is 23.1 Å². The van der Waals surface area contributed by atoms with Crippen molar-refractivity contribution in [1.82, 2.24) is 4.98 Å². The number of aliphatic carboxylic acids is 1. The highest BCUT2D eigenvalue weighted by Gasteiger charge is 2.28. The lowest BCUT2D eigenvalue weighted by molar-refractivity contribution is -0.138. The van der Waals surface area contributed by atoms with Crippen LogP contribution in [0.2, 0.25) is 5.15 Å². The van der Waals surface area contributed by atoms with Crippen LogP contribution in [0.25, 0.3) is 0 Å². The lowest BCUT2D eigenvalue weighted by Gasteiger charge is -2.14. The molecule has 0 bridgehead atoms. The molecule has 0 aromatic carbocycles. The Morgan fingerprint density at radius 2 is 2.19 bits per heavy atom. The van der Waals surface area contributed by atoms with E-state index in [2.05, 4.69) is 4.98 Å². The highest BCUT2D eigenvalue weighted by molar-refractivity contribution is 6.30. The van der Waals surface area contributed by atoms with Crippen molar-refractivity contribution in [2.45, 2.75) is 18.8 Å². The average molecular weight is 254 g/mol. The third-order valence-electron chi connectivity index (χ3n) is 1.93. The average Bonchev–Trinajstić information content (AvgIpc) is 2.18. The fraction of sp³-hybridized carbons (Fsp3) is 0.333. The van der Waals surface area contributed by atoms with E-state index in [1.807, 2.05) is 0 Å². The summed E-state index contributed by atoms with van der Waals surface area (Å²) in [5, 5.41) is 8.15. The summed E-state index contributed by atoms with van der Waals surface area (Å²) in [4.78, 5) is 13.7. The van der Waals surface area contributed by atoms with Crippen LogP contribution >= 0.6 is 11.6 Å². The SMILES string of the molecule is O=C(O)CC(c1cc(F)cnc1Cl)C(F)F. The smallest absolute Gasteiger partial charge is 0.304 e. The van der Waals surface area contributed by atoms with Crippen LogP contribution in [0, 0.1) is 5.82 Å². The van der Waals surface area contributed by atoms with Crippen molar-refractivity contribution in [3.8, 4) is 0 Å². The van der Waals surface area contributed by atoms with Crippen molar-refractivity contribution in [3.63, 3.8) is 0 Å². The third kappa shape index (κ3) is 3.10. The highest BCUT2D eigenvalue weighted by Crippen LogP contribution is 2.31. The first kappa shape index (κ1) is 12.8. The molecule has 1 heterocycles. The van der Waals surface area contributed by atoms with Crippen LogP contribution < -0.4 is 0 Å². The molecule has 1 N–H and O–H groups in total. The molecule has 1 aromatic heterocycles. The number of carbonyl (C=O) groups is 1. The van der Waals surface area contributed by atoms with E-state index in [0.717, 1.165) is 12.3 Å². The molecule has 0 aliphatic heterocycles. The van der Waals surface area contributed by atoms with Gasteiger partial charge in [-0.2, -0.15) is 0 Å². The topological polar surface area (TPSA) is 50.2 Å². The fourth-order valence-electron chi connectivity index (χ4n) is 1.22. The van der Waals surface area contributed by atoms with Crippen LogP contribution in [-0.4, -0.2) is 22.5 Å². The Morgan fingerprint density at radius 3 is 2.69 bits per heavy atom. The van der Waals surface area contributed by atoms with Crippen molar-refractivity contribution in [3.05, 3.63) is 28.8 Å². The Bertz CT molecular complexity index is 400. The second-order valence-corrected chi connectivity index (χ2v) is 3.43. The molecule has 0 fully saturated rings. The van der Waals surface area contributed by atoms with Gasteiger partial charge in [0, 0.05) is 5.56 Å². The van der Waals surface area contributed by atoms with Gasteiger partial charge in [-0.25, -0.2) is 18.2 Å². The number of hydrogen-bond acceptors (Lipinski definition) is 2. The zero-order valence-electron chi connectivity index (χ0n) is 7.83. The minimum Gasteiger partial charge on any atom is -0.481 e. The van der Waals surface area contributed by atoms with E-state index in [9.17, 15) is 18.0 Å². The Balaban J connectivity index is 3.09. The third-order valence-corrected chi connectivity index (χ3v) is 2.25. The van der Waals surface area contributed by atoms with Crippen LogP contribution in [0.15, 0.2) is 12.3 Å². The molecule has 1 unspecified atom stereocenters. The van der Waals surface area contributed by atoms with E-state index in [1.54, 1.807) is 0 Å². The predicted molar refractivity (Wildman–Crippen MR) is 50.2 cm³/mol. The summed E-state index contributed by atoms with van der Waals surface area (Å²) in [7, 11) is 0. The van der Waals surface area contributed by atoms with Gasteiger partial charge in [0.05, 0.1) is 18.5 Å². The van der Waals surface area contributed by atoms with Gasteiger partial charge in [-0.3, -0.25) is 4.79 Å². The lowest BCUT2D eigenvalue weighted by Crippen LogP contribution is -2.15. The summed E-state index contributed by atoms with van der Waals surface area (Å²) in [6.45, 7) is 0. The number of rotatable bonds is 4. The van der Waals surface area contributed by atoms with Gasteiger partial charge in [0.2, 0.25) is 6.43 Å². The first-order valence-corrected chi connectivity index (χ1v) is 4.60. The summed E-state index contributed by atoms with van der Waals surface area (Å²) in [6, 6.07) is 0.773. The van der Waals surface area contributed by atoms with Crippen LogP contribution in [-0.2, 0) is 4.79 Å². The molecule has 16 heavy (non-hydrogen) atoms. The molecule has 3 nitrogen and oxygen atoms in total. The molecule has 0 saturated heterocycles. The number of alkyl halides is 2. The van der Waals surface area contributed by atoms with Gasteiger partial charge >= 0.3 is 5.97 Å². The van der Waals surface area contributed by atoms with Gasteiger partial charge in [0.15, 0.2) is 0 Å². The van der Waals surface area contributed by atoms with Crippen LogP contribution in [0.5, 0.6) is 0 Å². The lowest BCUT2D eigenvalue weighted by atomic mass is 9.98. The minimum absolute atomic E-state index is 0.293. The Morgan fingerprint density at radius 1 is 1.56 bits per heavy atom. The maximum atomic E-state index is 12.8. The maximum Gasteiger partial charge on any atom is 0.304 e. The first-order valence-electron chi connectivity index (χ1n) is 4.22. The normalized spacial score (nSPS) is 12.8. The molecule has 0 aliphatic rings. The Kier molecular flexibility index (Phi) is 4.12. The summed E-state index contributed by atoms with van der Waals surface area (Å²) in [5.74, 6) is -3.91. The number of halogens is 4. The zero-order chi connectivity index (χ0) is 12.3. The second kappa shape index (κ2) is 5.16. The van der Waals surface area contributed by atoms with Crippen LogP contribution in [0.1, 0.15) is 17.9 Å². The zero-order valence-corrected chi connectivity index (χ0v) is 8.59. The molecule has 0 radical (unpaired) electrons. The summed E-state index contributed by atoms with van der Waals surface area (Å²) < 4.78 is 38.0. The molecule has 0 saturated carbocycles. The van der Waals surface area contributed by atoms with Crippen molar-refractivity contribution in [2.24, 2.45) is 0 Å². The van der Waals surface area contributed by atoms with E-state index in [1.165, 1.54) is 0 Å². The van der Waals surface area contributed by atoms with Crippen molar-refractivity contribution in [1.29, 1.82) is 0 Å². The van der Waals surface area contributed by atoms with Gasteiger partial charge in [-0.05, 0) is 6.07 Å². The van der Waals surface area contributed by atoms with Crippen molar-refractivity contribution >= 4 is 17.6 Å². The van der Waals surface area contributed by atoms with E-state index < -0.39 is 30.6 Å². The number of carboxylic acid groups (broad SMARTS) is 1. The highest BCUT2D eigenvalue weighted by atomic mass is 35.5. The summed E-state index contributed by atoms with van der Waals surface area (Å²) in [6.07, 6.45) is -3.00. The standard InChI is InChI=1S/C9H7ClF3NO2/c10-8-5(1-4(11)3-14-8)6(9(12)13)2-7(15)16/h1,3,6,9H,2H2,(H,15,16). The summed E-state index contributed by atoms with van der Waals surface area (Å²) >= 11 is 5.51. The second-order valence-electron chi connectivity index (χ2n) is 3.07. The molecule has 0 spiro atoms. The largest absolute Gasteiger partial charge is 0.481 e. The van der Waals surface area contributed by atoms with Gasteiger partial charge in [0.25, 0.3) is 0 Å². The van der Waals surface area contributed by atoms with Gasteiger partial charge < -0.3 is 5.11 Å². The Hall–Kier alpha value is -1.30. The number of pyridine rings is 1. The van der Waals surface area contributed by atoms with Crippen LogP contribution in [0.4, 0.5) is 13.2 Å². The monoisotopic (exact) mass is 253 g/mol. The quantitative estimate of drug-likeness (QED) is 0.840. The van der Waals surface area contributed by atoms with Gasteiger partial charge in [-0.15, -0.1) is 0 Å².